The molecule has 7 nitrogen and oxygen atoms in total. The SMILES string of the molecule is CCn1nncc1C(=O)N1CCNC(=O)[C@H]1CC(C)C. The number of nitrogens with zero attached hydrogens (tertiary/aromatic N) is 4. The van der Waals surface area contributed by atoms with Crippen molar-refractivity contribution in [2.75, 3.05) is 13.1 Å². The standard InChI is InChI=1S/C13H21N5O2/c1-4-18-11(8-15-16-18)13(20)17-6-5-14-12(19)10(17)7-9(2)3/h8-10H,4-7H2,1-3H3,(H,14,19)/t10-/m1/s1. The molecule has 1 atom stereocenters. The fourth-order valence-electron chi connectivity index (χ4n) is 2.44. The van der Waals surface area contributed by atoms with Gasteiger partial charge in [-0.15, -0.1) is 5.10 Å². The van der Waals surface area contributed by atoms with Gasteiger partial charge in [-0.25, -0.2) is 4.68 Å². The van der Waals surface area contributed by atoms with Crippen molar-refractivity contribution in [3.63, 3.8) is 0 Å². The summed E-state index contributed by atoms with van der Waals surface area (Å²) in [5.74, 6) is 0.0968. The summed E-state index contributed by atoms with van der Waals surface area (Å²) in [7, 11) is 0. The summed E-state index contributed by atoms with van der Waals surface area (Å²) in [6, 6.07) is -0.406. The molecule has 0 aromatic carbocycles. The van der Waals surface area contributed by atoms with E-state index >= 15 is 0 Å². The summed E-state index contributed by atoms with van der Waals surface area (Å²) in [6.07, 6.45) is 2.12. The van der Waals surface area contributed by atoms with E-state index in [-0.39, 0.29) is 11.8 Å². The number of carbonyl (C=O) groups excluding carboxylic acids is 2. The van der Waals surface area contributed by atoms with Gasteiger partial charge in [-0.05, 0) is 19.3 Å². The first kappa shape index (κ1) is 14.5. The van der Waals surface area contributed by atoms with Gasteiger partial charge < -0.3 is 10.2 Å². The number of amides is 2. The number of hydrogen-bond acceptors (Lipinski definition) is 4. The lowest BCUT2D eigenvalue weighted by molar-refractivity contribution is -0.128. The van der Waals surface area contributed by atoms with E-state index in [2.05, 4.69) is 15.6 Å². The monoisotopic (exact) mass is 279 g/mol. The minimum absolute atomic E-state index is 0.0752. The fraction of sp³-hybridized carbons (Fsp3) is 0.692. The lowest BCUT2D eigenvalue weighted by Gasteiger charge is -2.35. The molecular weight excluding hydrogens is 258 g/mol. The van der Waals surface area contributed by atoms with E-state index in [4.69, 9.17) is 0 Å². The Balaban J connectivity index is 2.23. The molecule has 7 heteroatoms. The molecule has 110 valence electrons. The Bertz CT molecular complexity index is 497. The maximum Gasteiger partial charge on any atom is 0.274 e. The Kier molecular flexibility index (Phi) is 4.36. The number of rotatable bonds is 4. The number of hydrogen-bond donors (Lipinski definition) is 1. The topological polar surface area (TPSA) is 80.1 Å². The van der Waals surface area contributed by atoms with Crippen LogP contribution in [-0.2, 0) is 11.3 Å². The first-order chi connectivity index (χ1) is 9.54. The third-order valence-corrected chi connectivity index (χ3v) is 3.42. The molecule has 0 bridgehead atoms. The van der Waals surface area contributed by atoms with Crippen LogP contribution in [0.3, 0.4) is 0 Å². The van der Waals surface area contributed by atoms with Crippen molar-refractivity contribution in [2.24, 2.45) is 5.92 Å². The molecule has 0 radical (unpaired) electrons. The van der Waals surface area contributed by atoms with Crippen molar-refractivity contribution >= 4 is 11.8 Å². The van der Waals surface area contributed by atoms with Crippen LogP contribution in [0.1, 0.15) is 37.7 Å². The summed E-state index contributed by atoms with van der Waals surface area (Å²) in [4.78, 5) is 26.3. The molecule has 0 saturated carbocycles. The minimum atomic E-state index is -0.406. The Labute approximate surface area is 118 Å². The van der Waals surface area contributed by atoms with Gasteiger partial charge in [0.1, 0.15) is 11.7 Å². The second-order valence-corrected chi connectivity index (χ2v) is 5.37. The first-order valence-corrected chi connectivity index (χ1v) is 7.01. The largest absolute Gasteiger partial charge is 0.353 e. The van der Waals surface area contributed by atoms with E-state index in [1.54, 1.807) is 9.58 Å². The normalized spacial score (nSPS) is 19.3. The average molecular weight is 279 g/mol. The lowest BCUT2D eigenvalue weighted by Crippen LogP contribution is -2.57. The smallest absolute Gasteiger partial charge is 0.274 e. The Morgan fingerprint density at radius 1 is 1.55 bits per heavy atom. The highest BCUT2D eigenvalue weighted by Crippen LogP contribution is 2.17. The van der Waals surface area contributed by atoms with Crippen LogP contribution in [0.2, 0.25) is 0 Å². The van der Waals surface area contributed by atoms with E-state index in [1.165, 1.54) is 6.20 Å². The number of aromatic nitrogens is 3. The van der Waals surface area contributed by atoms with Crippen molar-refractivity contribution in [1.82, 2.24) is 25.2 Å². The molecule has 20 heavy (non-hydrogen) atoms. The van der Waals surface area contributed by atoms with Gasteiger partial charge in [0.15, 0.2) is 0 Å². The minimum Gasteiger partial charge on any atom is -0.353 e. The van der Waals surface area contributed by atoms with Crippen LogP contribution >= 0.6 is 0 Å². The summed E-state index contributed by atoms with van der Waals surface area (Å²) in [5.41, 5.74) is 0.441. The van der Waals surface area contributed by atoms with Crippen molar-refractivity contribution < 1.29 is 9.59 Å². The molecule has 2 rings (SSSR count). The Morgan fingerprint density at radius 3 is 2.95 bits per heavy atom. The van der Waals surface area contributed by atoms with E-state index in [9.17, 15) is 9.59 Å². The molecular formula is C13H21N5O2. The number of piperazine rings is 1. The molecule has 0 unspecified atom stereocenters. The average Bonchev–Trinajstić information content (AvgIpc) is 2.88. The summed E-state index contributed by atoms with van der Waals surface area (Å²) >= 11 is 0. The van der Waals surface area contributed by atoms with E-state index in [0.29, 0.717) is 37.7 Å². The van der Waals surface area contributed by atoms with Crippen LogP contribution in [-0.4, -0.2) is 50.8 Å². The summed E-state index contributed by atoms with van der Waals surface area (Å²) < 4.78 is 1.56. The second-order valence-electron chi connectivity index (χ2n) is 5.37. The van der Waals surface area contributed by atoms with Gasteiger partial charge in [0.25, 0.3) is 5.91 Å². The van der Waals surface area contributed by atoms with Gasteiger partial charge in [0.2, 0.25) is 5.91 Å². The fourth-order valence-corrected chi connectivity index (χ4v) is 2.44. The maximum absolute atomic E-state index is 12.6. The van der Waals surface area contributed by atoms with Gasteiger partial charge in [-0.1, -0.05) is 19.1 Å². The number of nitrogens with one attached hydrogen (secondary N) is 1. The molecule has 0 aliphatic carbocycles. The zero-order chi connectivity index (χ0) is 14.7. The van der Waals surface area contributed by atoms with Crippen LogP contribution < -0.4 is 5.32 Å². The zero-order valence-electron chi connectivity index (χ0n) is 12.2. The molecule has 1 N–H and O–H groups in total. The van der Waals surface area contributed by atoms with Crippen LogP contribution in [0.4, 0.5) is 0 Å². The maximum atomic E-state index is 12.6. The molecule has 1 aromatic heterocycles. The molecule has 2 heterocycles. The van der Waals surface area contributed by atoms with Crippen molar-refractivity contribution in [2.45, 2.75) is 39.8 Å². The molecule has 1 aromatic rings. The molecule has 1 aliphatic heterocycles. The predicted molar refractivity (Wildman–Crippen MR) is 73.0 cm³/mol. The molecule has 1 saturated heterocycles. The quantitative estimate of drug-likeness (QED) is 0.858. The van der Waals surface area contributed by atoms with E-state index < -0.39 is 6.04 Å². The lowest BCUT2D eigenvalue weighted by atomic mass is 10.00. The zero-order valence-corrected chi connectivity index (χ0v) is 12.2. The predicted octanol–water partition coefficient (Wildman–Crippen LogP) is 0.285. The highest BCUT2D eigenvalue weighted by Gasteiger charge is 2.35. The highest BCUT2D eigenvalue weighted by molar-refractivity contribution is 5.96. The molecule has 0 spiro atoms. The van der Waals surface area contributed by atoms with Crippen LogP contribution in [0, 0.1) is 5.92 Å². The van der Waals surface area contributed by atoms with E-state index in [0.717, 1.165) is 0 Å². The van der Waals surface area contributed by atoms with Crippen molar-refractivity contribution in [3.8, 4) is 0 Å². The first-order valence-electron chi connectivity index (χ1n) is 7.01. The van der Waals surface area contributed by atoms with Crippen LogP contribution in [0.15, 0.2) is 6.20 Å². The van der Waals surface area contributed by atoms with Gasteiger partial charge >= 0.3 is 0 Å². The number of carbonyl (C=O) groups is 2. The molecule has 2 amide bonds. The number of aryl methyl sites for hydroxylation is 1. The molecule has 1 aliphatic rings. The van der Waals surface area contributed by atoms with Gasteiger partial charge in [0, 0.05) is 19.6 Å². The summed E-state index contributed by atoms with van der Waals surface area (Å²) in [5, 5.41) is 10.5. The Hall–Kier alpha value is -1.92. The summed E-state index contributed by atoms with van der Waals surface area (Å²) in [6.45, 7) is 7.59. The second kappa shape index (κ2) is 6.02. The van der Waals surface area contributed by atoms with E-state index in [1.807, 2.05) is 20.8 Å². The third kappa shape index (κ3) is 2.81. The van der Waals surface area contributed by atoms with Gasteiger partial charge in [-0.3, -0.25) is 9.59 Å². The Morgan fingerprint density at radius 2 is 2.30 bits per heavy atom. The highest BCUT2D eigenvalue weighted by atomic mass is 16.2. The van der Waals surface area contributed by atoms with Crippen molar-refractivity contribution in [3.05, 3.63) is 11.9 Å². The van der Waals surface area contributed by atoms with Gasteiger partial charge in [-0.2, -0.15) is 0 Å². The third-order valence-electron chi connectivity index (χ3n) is 3.42. The van der Waals surface area contributed by atoms with Crippen molar-refractivity contribution in [1.29, 1.82) is 0 Å². The van der Waals surface area contributed by atoms with Crippen LogP contribution in [0.25, 0.3) is 0 Å². The molecule has 1 fully saturated rings. The van der Waals surface area contributed by atoms with Crippen LogP contribution in [0.5, 0.6) is 0 Å². The van der Waals surface area contributed by atoms with Gasteiger partial charge in [0.05, 0.1) is 6.20 Å².